The number of phenols is 2. The van der Waals surface area contributed by atoms with Crippen LogP contribution in [0, 0.1) is 0 Å². The minimum Gasteiger partial charge on any atom is -0.508 e. The Kier molecular flexibility index (Phi) is 5.77. The number of fused-ring (bicyclic) bond motifs is 4. The largest absolute Gasteiger partial charge is 0.508 e. The van der Waals surface area contributed by atoms with Gasteiger partial charge in [-0.3, -0.25) is 0 Å². The zero-order valence-corrected chi connectivity index (χ0v) is 20.2. The summed E-state index contributed by atoms with van der Waals surface area (Å²) in [6.07, 6.45) is 9.34. The summed E-state index contributed by atoms with van der Waals surface area (Å²) in [5.74, 6) is 1.50. The fourth-order valence-electron chi connectivity index (χ4n) is 6.30. The van der Waals surface area contributed by atoms with E-state index in [0.717, 1.165) is 54.9 Å². The maximum Gasteiger partial charge on any atom is 0.119 e. The summed E-state index contributed by atoms with van der Waals surface area (Å²) in [6.45, 7) is 4.32. The molecule has 3 aliphatic rings. The molecule has 2 N–H and O–H groups in total. The van der Waals surface area contributed by atoms with Crippen LogP contribution >= 0.6 is 0 Å². The van der Waals surface area contributed by atoms with E-state index in [4.69, 9.17) is 4.74 Å². The third-order valence-corrected chi connectivity index (χ3v) is 8.02. The molecule has 0 bridgehead atoms. The highest BCUT2D eigenvalue weighted by molar-refractivity contribution is 5.89. The monoisotopic (exact) mass is 467 g/mol. The molecule has 4 nitrogen and oxygen atoms in total. The fraction of sp³-hybridized carbons (Fsp3) is 0.355. The standard InChI is InChI=1S/C31H33NO3/c33-24-7-11-29-23(19-24)13-14-31(29)21-28(27-20-25(34)8-12-30(27)31)22-5-9-26(10-6-22)35-18-4-17-32-15-2-1-3-16-32/h5-12,19-21,33-34H,1-4,13-18H2. The maximum absolute atomic E-state index is 10.3. The minimum atomic E-state index is -0.217. The fourth-order valence-corrected chi connectivity index (χ4v) is 6.30. The number of allylic oxidation sites excluding steroid dienone is 1. The van der Waals surface area contributed by atoms with E-state index < -0.39 is 0 Å². The summed E-state index contributed by atoms with van der Waals surface area (Å²) in [7, 11) is 0. The lowest BCUT2D eigenvalue weighted by atomic mass is 9.77. The van der Waals surface area contributed by atoms with Crippen molar-refractivity contribution >= 4 is 5.57 Å². The predicted molar refractivity (Wildman–Crippen MR) is 139 cm³/mol. The molecule has 1 heterocycles. The summed E-state index contributed by atoms with van der Waals surface area (Å²) < 4.78 is 6.04. The van der Waals surface area contributed by atoms with Crippen molar-refractivity contribution in [2.45, 2.75) is 43.9 Å². The molecule has 1 unspecified atom stereocenters. The van der Waals surface area contributed by atoms with E-state index in [9.17, 15) is 10.2 Å². The van der Waals surface area contributed by atoms with Gasteiger partial charge < -0.3 is 19.8 Å². The van der Waals surface area contributed by atoms with Gasteiger partial charge in [-0.2, -0.15) is 0 Å². The smallest absolute Gasteiger partial charge is 0.119 e. The Morgan fingerprint density at radius 1 is 0.829 bits per heavy atom. The number of likely N-dealkylation sites (tertiary alicyclic amines) is 1. The average Bonchev–Trinajstić information content (AvgIpc) is 3.40. The molecule has 0 aromatic heterocycles. The lowest BCUT2D eigenvalue weighted by Gasteiger charge is -2.26. The first-order chi connectivity index (χ1) is 17.1. The summed E-state index contributed by atoms with van der Waals surface area (Å²) >= 11 is 0. The van der Waals surface area contributed by atoms with Crippen LogP contribution < -0.4 is 4.74 Å². The van der Waals surface area contributed by atoms with Crippen LogP contribution in [0.3, 0.4) is 0 Å². The topological polar surface area (TPSA) is 52.9 Å². The summed E-state index contributed by atoms with van der Waals surface area (Å²) in [5.41, 5.74) is 6.83. The van der Waals surface area contributed by atoms with Crippen LogP contribution in [0.5, 0.6) is 17.2 Å². The third kappa shape index (κ3) is 4.10. The number of nitrogens with zero attached hydrogens (tertiary/aromatic N) is 1. The highest BCUT2D eigenvalue weighted by atomic mass is 16.5. The van der Waals surface area contributed by atoms with Crippen LogP contribution in [0.4, 0.5) is 0 Å². The molecule has 1 atom stereocenters. The van der Waals surface area contributed by atoms with Crippen LogP contribution in [0.15, 0.2) is 66.7 Å². The Hall–Kier alpha value is -3.24. The Balaban J connectivity index is 1.23. The molecule has 1 fully saturated rings. The van der Waals surface area contributed by atoms with Crippen molar-refractivity contribution in [1.82, 2.24) is 4.90 Å². The number of phenolic OH excluding ortho intramolecular Hbond substituents is 2. The number of hydrogen-bond donors (Lipinski definition) is 2. The molecule has 1 spiro atoms. The van der Waals surface area contributed by atoms with Crippen LogP contribution in [0.1, 0.15) is 59.9 Å². The van der Waals surface area contributed by atoms with Gasteiger partial charge in [0.05, 0.1) is 6.61 Å². The summed E-state index contributed by atoms with van der Waals surface area (Å²) in [6, 6.07) is 19.9. The van der Waals surface area contributed by atoms with E-state index in [1.807, 2.05) is 12.1 Å². The number of benzene rings is 3. The van der Waals surface area contributed by atoms with E-state index in [1.54, 1.807) is 12.1 Å². The van der Waals surface area contributed by atoms with E-state index >= 15 is 0 Å². The van der Waals surface area contributed by atoms with Gasteiger partial charge in [0.25, 0.3) is 0 Å². The Morgan fingerprint density at radius 2 is 1.57 bits per heavy atom. The van der Waals surface area contributed by atoms with Gasteiger partial charge in [-0.1, -0.05) is 36.8 Å². The number of aryl methyl sites for hydroxylation is 1. The SMILES string of the molecule is Oc1ccc2c(c1)CCC21C=C(c2ccc(OCCCN3CCCCC3)cc2)c2cc(O)ccc21. The van der Waals surface area contributed by atoms with E-state index in [2.05, 4.69) is 47.4 Å². The quantitative estimate of drug-likeness (QED) is 0.435. The zero-order valence-electron chi connectivity index (χ0n) is 20.2. The lowest BCUT2D eigenvalue weighted by molar-refractivity contribution is 0.205. The Labute approximate surface area is 207 Å². The van der Waals surface area contributed by atoms with Gasteiger partial charge in [0, 0.05) is 12.0 Å². The second-order valence-corrected chi connectivity index (χ2v) is 10.2. The molecule has 1 saturated heterocycles. The maximum atomic E-state index is 10.3. The summed E-state index contributed by atoms with van der Waals surface area (Å²) in [4.78, 5) is 2.55. The normalized spacial score (nSPS) is 21.1. The van der Waals surface area contributed by atoms with Crippen molar-refractivity contribution < 1.29 is 14.9 Å². The molecule has 0 radical (unpaired) electrons. The molecule has 3 aromatic carbocycles. The van der Waals surface area contributed by atoms with Gasteiger partial charge in [-0.05, 0) is 115 Å². The van der Waals surface area contributed by atoms with Crippen molar-refractivity contribution in [1.29, 1.82) is 0 Å². The van der Waals surface area contributed by atoms with Crippen LogP contribution in [-0.2, 0) is 11.8 Å². The van der Waals surface area contributed by atoms with E-state index in [1.165, 1.54) is 49.0 Å². The number of aromatic hydroxyl groups is 2. The molecular formula is C31H33NO3. The number of hydrogen-bond acceptors (Lipinski definition) is 4. The first-order valence-corrected chi connectivity index (χ1v) is 13.0. The highest BCUT2D eigenvalue weighted by Crippen LogP contribution is 2.54. The lowest BCUT2D eigenvalue weighted by Crippen LogP contribution is -2.31. The molecule has 6 rings (SSSR count). The Bertz CT molecular complexity index is 1260. The zero-order chi connectivity index (χ0) is 23.8. The second-order valence-electron chi connectivity index (χ2n) is 10.2. The molecule has 3 aromatic rings. The molecule has 2 aliphatic carbocycles. The average molecular weight is 468 g/mol. The molecule has 1 aliphatic heterocycles. The van der Waals surface area contributed by atoms with Gasteiger partial charge in [0.2, 0.25) is 0 Å². The molecule has 35 heavy (non-hydrogen) atoms. The summed E-state index contributed by atoms with van der Waals surface area (Å²) in [5, 5.41) is 20.3. The van der Waals surface area contributed by atoms with Gasteiger partial charge in [0.1, 0.15) is 17.2 Å². The number of ether oxygens (including phenoxy) is 1. The van der Waals surface area contributed by atoms with Gasteiger partial charge in [0.15, 0.2) is 0 Å². The molecular weight excluding hydrogens is 434 g/mol. The van der Waals surface area contributed by atoms with Crippen molar-refractivity contribution in [2.24, 2.45) is 0 Å². The van der Waals surface area contributed by atoms with E-state index in [0.29, 0.717) is 5.75 Å². The van der Waals surface area contributed by atoms with Crippen molar-refractivity contribution in [3.05, 3.63) is 94.6 Å². The van der Waals surface area contributed by atoms with Crippen LogP contribution in [0.25, 0.3) is 5.57 Å². The third-order valence-electron chi connectivity index (χ3n) is 8.02. The molecule has 180 valence electrons. The predicted octanol–water partition coefficient (Wildman–Crippen LogP) is 6.03. The second kappa shape index (κ2) is 9.09. The first-order valence-electron chi connectivity index (χ1n) is 13.0. The van der Waals surface area contributed by atoms with Crippen LogP contribution in [0.2, 0.25) is 0 Å². The number of piperidine rings is 1. The minimum absolute atomic E-state index is 0.217. The van der Waals surface area contributed by atoms with Crippen molar-refractivity contribution in [2.75, 3.05) is 26.2 Å². The molecule has 0 saturated carbocycles. The first kappa shape index (κ1) is 22.2. The van der Waals surface area contributed by atoms with Gasteiger partial charge in [-0.25, -0.2) is 0 Å². The molecule has 0 amide bonds. The Morgan fingerprint density at radius 3 is 2.37 bits per heavy atom. The van der Waals surface area contributed by atoms with Gasteiger partial charge in [-0.15, -0.1) is 0 Å². The van der Waals surface area contributed by atoms with Crippen molar-refractivity contribution in [3.63, 3.8) is 0 Å². The highest BCUT2D eigenvalue weighted by Gasteiger charge is 2.44. The number of rotatable bonds is 6. The van der Waals surface area contributed by atoms with Crippen molar-refractivity contribution in [3.8, 4) is 17.2 Å². The van der Waals surface area contributed by atoms with E-state index in [-0.39, 0.29) is 11.2 Å². The molecule has 4 heteroatoms. The van der Waals surface area contributed by atoms with Gasteiger partial charge >= 0.3 is 0 Å². The van der Waals surface area contributed by atoms with Crippen LogP contribution in [-0.4, -0.2) is 41.4 Å².